The highest BCUT2D eigenvalue weighted by Crippen LogP contribution is 2.36. The fraction of sp³-hybridized carbons (Fsp3) is 0.188. The molecule has 0 saturated heterocycles. The third-order valence-corrected chi connectivity index (χ3v) is 5.06. The van der Waals surface area contributed by atoms with Crippen LogP contribution in [-0.2, 0) is 12.0 Å². The normalized spacial score (nSPS) is 14.3. The monoisotopic (exact) mass is 303 g/mol. The van der Waals surface area contributed by atoms with E-state index in [1.807, 2.05) is 25.1 Å². The van der Waals surface area contributed by atoms with Gasteiger partial charge >= 0.3 is 0 Å². The first-order valence-corrected chi connectivity index (χ1v) is 7.55. The second-order valence-corrected chi connectivity index (χ2v) is 6.56. The van der Waals surface area contributed by atoms with Crippen LogP contribution in [0.5, 0.6) is 0 Å². The molecular formula is C16H14ClNOS. The second kappa shape index (κ2) is 5.17. The molecule has 1 unspecified atom stereocenters. The quantitative estimate of drug-likeness (QED) is 0.778. The van der Waals surface area contributed by atoms with E-state index in [4.69, 9.17) is 11.6 Å². The Morgan fingerprint density at radius 2 is 2.10 bits per heavy atom. The smallest absolute Gasteiger partial charge is 0.100 e. The van der Waals surface area contributed by atoms with Crippen molar-refractivity contribution in [2.45, 2.75) is 18.9 Å². The molecular weight excluding hydrogens is 290 g/mol. The summed E-state index contributed by atoms with van der Waals surface area (Å²) in [5.74, 6) is 0. The van der Waals surface area contributed by atoms with Crippen molar-refractivity contribution in [3.8, 4) is 0 Å². The predicted molar refractivity (Wildman–Crippen MR) is 84.3 cm³/mol. The van der Waals surface area contributed by atoms with Crippen molar-refractivity contribution in [1.82, 2.24) is 4.98 Å². The van der Waals surface area contributed by atoms with Crippen LogP contribution < -0.4 is 0 Å². The standard InChI is InChI=1S/C16H14ClNOS/c1-16(19,9-12-6-7-18-10-13(12)17)15-8-11-4-2-3-5-14(11)20-15/h2-8,10,19H,9H2,1H3. The minimum Gasteiger partial charge on any atom is -0.384 e. The van der Waals surface area contributed by atoms with E-state index >= 15 is 0 Å². The van der Waals surface area contributed by atoms with Crippen molar-refractivity contribution in [2.24, 2.45) is 0 Å². The van der Waals surface area contributed by atoms with Gasteiger partial charge in [0.1, 0.15) is 5.60 Å². The molecule has 0 aliphatic heterocycles. The molecule has 0 aliphatic carbocycles. The molecule has 0 amide bonds. The van der Waals surface area contributed by atoms with E-state index in [0.717, 1.165) is 15.8 Å². The molecule has 4 heteroatoms. The maximum atomic E-state index is 10.8. The molecule has 2 aromatic heterocycles. The average Bonchev–Trinajstić information content (AvgIpc) is 2.86. The SMILES string of the molecule is CC(O)(Cc1ccncc1Cl)c1cc2ccccc2s1. The van der Waals surface area contributed by atoms with Gasteiger partial charge in [0.15, 0.2) is 0 Å². The molecule has 0 fully saturated rings. The molecule has 0 bridgehead atoms. The molecule has 3 rings (SSSR count). The number of nitrogens with zero attached hydrogens (tertiary/aromatic N) is 1. The number of hydrogen-bond acceptors (Lipinski definition) is 3. The summed E-state index contributed by atoms with van der Waals surface area (Å²) in [5, 5.41) is 12.5. The highest BCUT2D eigenvalue weighted by molar-refractivity contribution is 7.19. The van der Waals surface area contributed by atoms with E-state index < -0.39 is 5.60 Å². The minimum atomic E-state index is -0.936. The summed E-state index contributed by atoms with van der Waals surface area (Å²) >= 11 is 7.75. The van der Waals surface area contributed by atoms with Gasteiger partial charge < -0.3 is 5.11 Å². The Hall–Kier alpha value is -1.42. The van der Waals surface area contributed by atoms with Crippen LogP contribution in [-0.4, -0.2) is 10.1 Å². The maximum absolute atomic E-state index is 10.8. The third-order valence-electron chi connectivity index (χ3n) is 3.35. The number of aliphatic hydroxyl groups is 1. The van der Waals surface area contributed by atoms with E-state index in [-0.39, 0.29) is 0 Å². The third kappa shape index (κ3) is 2.57. The number of fused-ring (bicyclic) bond motifs is 1. The fourth-order valence-corrected chi connectivity index (χ4v) is 3.55. The molecule has 1 aromatic carbocycles. The average molecular weight is 304 g/mol. The molecule has 20 heavy (non-hydrogen) atoms. The lowest BCUT2D eigenvalue weighted by molar-refractivity contribution is 0.0616. The number of benzene rings is 1. The van der Waals surface area contributed by atoms with Gasteiger partial charge in [-0.3, -0.25) is 4.98 Å². The Labute approximate surface area is 126 Å². The number of hydrogen-bond donors (Lipinski definition) is 1. The Balaban J connectivity index is 1.97. The predicted octanol–water partition coefficient (Wildman–Crippen LogP) is 4.40. The van der Waals surface area contributed by atoms with Crippen LogP contribution in [0.4, 0.5) is 0 Å². The van der Waals surface area contributed by atoms with Gasteiger partial charge in [0, 0.05) is 28.4 Å². The lowest BCUT2D eigenvalue weighted by Gasteiger charge is -2.22. The van der Waals surface area contributed by atoms with Gasteiger partial charge in [0.05, 0.1) is 5.02 Å². The van der Waals surface area contributed by atoms with Gasteiger partial charge in [-0.05, 0) is 36.1 Å². The molecule has 0 saturated carbocycles. The maximum Gasteiger partial charge on any atom is 0.100 e. The van der Waals surface area contributed by atoms with Crippen LogP contribution in [0.1, 0.15) is 17.4 Å². The van der Waals surface area contributed by atoms with Crippen LogP contribution in [0.3, 0.4) is 0 Å². The molecule has 0 radical (unpaired) electrons. The van der Waals surface area contributed by atoms with Gasteiger partial charge in [-0.15, -0.1) is 11.3 Å². The summed E-state index contributed by atoms with van der Waals surface area (Å²) < 4.78 is 1.18. The Kier molecular flexibility index (Phi) is 3.50. The van der Waals surface area contributed by atoms with Gasteiger partial charge in [-0.25, -0.2) is 0 Å². The zero-order chi connectivity index (χ0) is 14.2. The lowest BCUT2D eigenvalue weighted by Crippen LogP contribution is -2.23. The van der Waals surface area contributed by atoms with Crippen molar-refractivity contribution in [2.75, 3.05) is 0 Å². The van der Waals surface area contributed by atoms with Crippen molar-refractivity contribution in [3.05, 3.63) is 64.3 Å². The Morgan fingerprint density at radius 1 is 1.30 bits per heavy atom. The Bertz CT molecular complexity index is 718. The number of pyridine rings is 1. The van der Waals surface area contributed by atoms with Crippen molar-refractivity contribution < 1.29 is 5.11 Å². The van der Waals surface area contributed by atoms with Crippen LogP contribution in [0, 0.1) is 0 Å². The first kappa shape index (κ1) is 13.6. The minimum absolute atomic E-state index is 0.473. The lowest BCUT2D eigenvalue weighted by atomic mass is 9.95. The molecule has 3 aromatic rings. The molecule has 2 nitrogen and oxygen atoms in total. The largest absolute Gasteiger partial charge is 0.384 e. The van der Waals surface area contributed by atoms with E-state index in [9.17, 15) is 5.11 Å². The van der Waals surface area contributed by atoms with Crippen LogP contribution in [0.15, 0.2) is 48.8 Å². The van der Waals surface area contributed by atoms with Crippen LogP contribution in [0.2, 0.25) is 5.02 Å². The van der Waals surface area contributed by atoms with Gasteiger partial charge in [-0.1, -0.05) is 29.8 Å². The number of thiophene rings is 1. The number of aromatic nitrogens is 1. The second-order valence-electron chi connectivity index (χ2n) is 5.07. The zero-order valence-corrected chi connectivity index (χ0v) is 12.6. The van der Waals surface area contributed by atoms with Crippen molar-refractivity contribution in [1.29, 1.82) is 0 Å². The first-order valence-electron chi connectivity index (χ1n) is 6.36. The molecule has 0 aliphatic rings. The molecule has 2 heterocycles. The molecule has 1 atom stereocenters. The summed E-state index contributed by atoms with van der Waals surface area (Å²) in [6.07, 6.45) is 3.78. The van der Waals surface area contributed by atoms with Crippen LogP contribution in [0.25, 0.3) is 10.1 Å². The van der Waals surface area contributed by atoms with E-state index in [1.165, 1.54) is 4.70 Å². The topological polar surface area (TPSA) is 33.1 Å². The van der Waals surface area contributed by atoms with Crippen molar-refractivity contribution >= 4 is 33.0 Å². The van der Waals surface area contributed by atoms with E-state index in [2.05, 4.69) is 23.2 Å². The summed E-state index contributed by atoms with van der Waals surface area (Å²) in [6.45, 7) is 1.83. The summed E-state index contributed by atoms with van der Waals surface area (Å²) in [6, 6.07) is 12.0. The van der Waals surface area contributed by atoms with E-state index in [1.54, 1.807) is 23.7 Å². The molecule has 1 N–H and O–H groups in total. The zero-order valence-electron chi connectivity index (χ0n) is 11.0. The number of halogens is 1. The van der Waals surface area contributed by atoms with Gasteiger partial charge in [-0.2, -0.15) is 0 Å². The van der Waals surface area contributed by atoms with Gasteiger partial charge in [0.25, 0.3) is 0 Å². The summed E-state index contributed by atoms with van der Waals surface area (Å²) in [4.78, 5) is 4.92. The molecule has 0 spiro atoms. The number of rotatable bonds is 3. The van der Waals surface area contributed by atoms with Crippen LogP contribution >= 0.6 is 22.9 Å². The first-order chi connectivity index (χ1) is 9.56. The van der Waals surface area contributed by atoms with Crippen molar-refractivity contribution in [3.63, 3.8) is 0 Å². The highest BCUT2D eigenvalue weighted by atomic mass is 35.5. The fourth-order valence-electron chi connectivity index (χ4n) is 2.25. The highest BCUT2D eigenvalue weighted by Gasteiger charge is 2.26. The molecule has 102 valence electrons. The van der Waals surface area contributed by atoms with E-state index in [0.29, 0.717) is 11.4 Å². The summed E-state index contributed by atoms with van der Waals surface area (Å²) in [5.41, 5.74) is -0.0292. The van der Waals surface area contributed by atoms with Gasteiger partial charge in [0.2, 0.25) is 0 Å². The Morgan fingerprint density at radius 3 is 2.85 bits per heavy atom. The summed E-state index contributed by atoms with van der Waals surface area (Å²) in [7, 11) is 0.